The highest BCUT2D eigenvalue weighted by Gasteiger charge is 2.23. The van der Waals surface area contributed by atoms with Gasteiger partial charge in [-0.3, -0.25) is 0 Å². The average molecular weight is 281 g/mol. The maximum absolute atomic E-state index is 13.3. The standard InChI is InChI=1S/C15H18ClFN2/c1-10-2-5-12(6-3-10)19-14-7-4-11(17)8-13(14)18-15(19)9-16/h4,7-8,10,12H,2-3,5-6,9H2,1H3. The summed E-state index contributed by atoms with van der Waals surface area (Å²) >= 11 is 6.01. The molecule has 4 heteroatoms. The van der Waals surface area contributed by atoms with Crippen molar-refractivity contribution in [3.63, 3.8) is 0 Å². The van der Waals surface area contributed by atoms with Crippen LogP contribution in [0.2, 0.25) is 0 Å². The fourth-order valence-corrected chi connectivity index (χ4v) is 3.31. The van der Waals surface area contributed by atoms with Crippen LogP contribution in [0.25, 0.3) is 11.0 Å². The molecule has 0 saturated heterocycles. The summed E-state index contributed by atoms with van der Waals surface area (Å²) in [6.07, 6.45) is 4.81. The number of aromatic nitrogens is 2. The van der Waals surface area contributed by atoms with E-state index in [1.54, 1.807) is 0 Å². The Balaban J connectivity index is 2.05. The normalized spacial score (nSPS) is 23.9. The average Bonchev–Trinajstić information content (AvgIpc) is 2.77. The fourth-order valence-electron chi connectivity index (χ4n) is 3.12. The molecule has 0 atom stereocenters. The number of alkyl halides is 1. The molecule has 1 aromatic heterocycles. The van der Waals surface area contributed by atoms with Crippen LogP contribution >= 0.6 is 11.6 Å². The van der Waals surface area contributed by atoms with Crippen molar-refractivity contribution in [2.75, 3.05) is 0 Å². The van der Waals surface area contributed by atoms with Crippen molar-refractivity contribution in [3.8, 4) is 0 Å². The van der Waals surface area contributed by atoms with Crippen molar-refractivity contribution in [3.05, 3.63) is 29.8 Å². The first-order chi connectivity index (χ1) is 9.19. The van der Waals surface area contributed by atoms with Gasteiger partial charge in [0.15, 0.2) is 0 Å². The molecule has 1 heterocycles. The molecule has 0 radical (unpaired) electrons. The molecule has 2 aromatic rings. The Morgan fingerprint density at radius 1 is 1.32 bits per heavy atom. The van der Waals surface area contributed by atoms with Crippen LogP contribution in [0.5, 0.6) is 0 Å². The summed E-state index contributed by atoms with van der Waals surface area (Å²) < 4.78 is 15.5. The molecule has 1 fully saturated rings. The van der Waals surface area contributed by atoms with Crippen LogP contribution in [0.4, 0.5) is 4.39 Å². The van der Waals surface area contributed by atoms with E-state index in [-0.39, 0.29) is 5.82 Å². The van der Waals surface area contributed by atoms with Gasteiger partial charge in [0.2, 0.25) is 0 Å². The monoisotopic (exact) mass is 280 g/mol. The largest absolute Gasteiger partial charge is 0.324 e. The van der Waals surface area contributed by atoms with Crippen molar-refractivity contribution in [1.29, 1.82) is 0 Å². The van der Waals surface area contributed by atoms with Gasteiger partial charge in [-0.25, -0.2) is 9.37 Å². The number of benzene rings is 1. The molecule has 0 spiro atoms. The zero-order valence-corrected chi connectivity index (χ0v) is 11.8. The first-order valence-electron chi connectivity index (χ1n) is 6.91. The summed E-state index contributed by atoms with van der Waals surface area (Å²) in [7, 11) is 0. The van der Waals surface area contributed by atoms with E-state index < -0.39 is 0 Å². The Labute approximate surface area is 117 Å². The van der Waals surface area contributed by atoms with E-state index in [1.165, 1.54) is 25.0 Å². The van der Waals surface area contributed by atoms with Crippen molar-refractivity contribution >= 4 is 22.6 Å². The summed E-state index contributed by atoms with van der Waals surface area (Å²) in [6.45, 7) is 2.31. The lowest BCUT2D eigenvalue weighted by atomic mass is 9.87. The second-order valence-corrected chi connectivity index (χ2v) is 5.85. The minimum absolute atomic E-state index is 0.240. The second-order valence-electron chi connectivity index (χ2n) is 5.58. The summed E-state index contributed by atoms with van der Waals surface area (Å²) in [5.41, 5.74) is 1.73. The summed E-state index contributed by atoms with van der Waals surface area (Å²) in [5, 5.41) is 0. The highest BCUT2D eigenvalue weighted by molar-refractivity contribution is 6.16. The number of rotatable bonds is 2. The van der Waals surface area contributed by atoms with E-state index >= 15 is 0 Å². The zero-order valence-electron chi connectivity index (χ0n) is 11.1. The summed E-state index contributed by atoms with van der Waals surface area (Å²) in [5.74, 6) is 1.81. The Morgan fingerprint density at radius 2 is 2.05 bits per heavy atom. The Hall–Kier alpha value is -1.09. The number of halogens is 2. The van der Waals surface area contributed by atoms with Crippen molar-refractivity contribution < 1.29 is 4.39 Å². The van der Waals surface area contributed by atoms with Crippen molar-refractivity contribution in [2.24, 2.45) is 5.92 Å². The lowest BCUT2D eigenvalue weighted by Crippen LogP contribution is -2.18. The zero-order chi connectivity index (χ0) is 13.4. The Morgan fingerprint density at radius 3 is 2.74 bits per heavy atom. The van der Waals surface area contributed by atoms with Gasteiger partial charge in [-0.15, -0.1) is 11.6 Å². The first-order valence-corrected chi connectivity index (χ1v) is 7.45. The number of nitrogens with zero attached hydrogens (tertiary/aromatic N) is 2. The van der Waals surface area contributed by atoms with Crippen LogP contribution in [0.3, 0.4) is 0 Å². The van der Waals surface area contributed by atoms with Gasteiger partial charge in [-0.2, -0.15) is 0 Å². The molecule has 1 saturated carbocycles. The Bertz CT molecular complexity index is 585. The molecule has 1 aromatic carbocycles. The molecule has 0 N–H and O–H groups in total. The summed E-state index contributed by atoms with van der Waals surface area (Å²) in [4.78, 5) is 4.48. The van der Waals surface area contributed by atoms with Crippen molar-refractivity contribution in [1.82, 2.24) is 9.55 Å². The lowest BCUT2D eigenvalue weighted by molar-refractivity contribution is 0.290. The molecule has 2 nitrogen and oxygen atoms in total. The third kappa shape index (κ3) is 2.36. The van der Waals surface area contributed by atoms with E-state index in [9.17, 15) is 4.39 Å². The maximum atomic E-state index is 13.3. The maximum Gasteiger partial charge on any atom is 0.125 e. The topological polar surface area (TPSA) is 17.8 Å². The smallest absolute Gasteiger partial charge is 0.125 e. The molecule has 1 aliphatic carbocycles. The van der Waals surface area contributed by atoms with E-state index in [2.05, 4.69) is 16.5 Å². The van der Waals surface area contributed by atoms with Gasteiger partial charge in [0, 0.05) is 12.1 Å². The highest BCUT2D eigenvalue weighted by Crippen LogP contribution is 2.35. The minimum Gasteiger partial charge on any atom is -0.324 e. The minimum atomic E-state index is -0.240. The second kappa shape index (κ2) is 5.12. The number of imidazole rings is 1. The molecule has 1 aliphatic rings. The van der Waals surface area contributed by atoms with Crippen LogP contribution in [0, 0.1) is 11.7 Å². The van der Waals surface area contributed by atoms with E-state index in [4.69, 9.17) is 11.6 Å². The van der Waals surface area contributed by atoms with Gasteiger partial charge in [-0.05, 0) is 43.7 Å². The molecule has 19 heavy (non-hydrogen) atoms. The molecule has 0 amide bonds. The van der Waals surface area contributed by atoms with Crippen LogP contribution in [0.15, 0.2) is 18.2 Å². The fraction of sp³-hybridized carbons (Fsp3) is 0.533. The van der Waals surface area contributed by atoms with Crippen molar-refractivity contribution in [2.45, 2.75) is 44.5 Å². The first kappa shape index (κ1) is 12.9. The molecular weight excluding hydrogens is 263 g/mol. The number of fused-ring (bicyclic) bond motifs is 1. The Kier molecular flexibility index (Phi) is 3.48. The predicted octanol–water partition coefficient (Wildman–Crippen LogP) is 4.67. The highest BCUT2D eigenvalue weighted by atomic mass is 35.5. The molecule has 0 unspecified atom stereocenters. The van der Waals surface area contributed by atoms with E-state index in [0.29, 0.717) is 17.4 Å². The quantitative estimate of drug-likeness (QED) is 0.731. The third-order valence-electron chi connectivity index (χ3n) is 4.19. The molecule has 0 aliphatic heterocycles. The lowest BCUT2D eigenvalue weighted by Gasteiger charge is -2.28. The van der Waals surface area contributed by atoms with Gasteiger partial charge >= 0.3 is 0 Å². The number of hydrogen-bond donors (Lipinski definition) is 0. The van der Waals surface area contributed by atoms with Crippen LogP contribution in [-0.4, -0.2) is 9.55 Å². The molecule has 3 rings (SSSR count). The van der Waals surface area contributed by atoms with Crippen LogP contribution in [0.1, 0.15) is 44.5 Å². The van der Waals surface area contributed by atoms with E-state index in [1.807, 2.05) is 6.07 Å². The van der Waals surface area contributed by atoms with Gasteiger partial charge in [0.25, 0.3) is 0 Å². The summed E-state index contributed by atoms with van der Waals surface area (Å²) in [6, 6.07) is 5.28. The molecular formula is C15H18ClFN2. The van der Waals surface area contributed by atoms with Gasteiger partial charge in [0.1, 0.15) is 11.6 Å². The van der Waals surface area contributed by atoms with Gasteiger partial charge in [-0.1, -0.05) is 6.92 Å². The van der Waals surface area contributed by atoms with Gasteiger partial charge in [0.05, 0.1) is 16.9 Å². The van der Waals surface area contributed by atoms with Gasteiger partial charge < -0.3 is 4.57 Å². The van der Waals surface area contributed by atoms with E-state index in [0.717, 1.165) is 30.1 Å². The molecule has 102 valence electrons. The van der Waals surface area contributed by atoms with Crippen LogP contribution < -0.4 is 0 Å². The molecule has 0 bridgehead atoms. The van der Waals surface area contributed by atoms with Crippen LogP contribution in [-0.2, 0) is 5.88 Å². The number of hydrogen-bond acceptors (Lipinski definition) is 1. The predicted molar refractivity (Wildman–Crippen MR) is 75.9 cm³/mol. The third-order valence-corrected chi connectivity index (χ3v) is 4.43. The SMILES string of the molecule is CC1CCC(n2c(CCl)nc3cc(F)ccc32)CC1.